The largest absolute Gasteiger partial charge is 0.476 e. The van der Waals surface area contributed by atoms with Crippen molar-refractivity contribution in [3.63, 3.8) is 0 Å². The number of aromatic nitrogens is 2. The average molecular weight is 379 g/mol. The van der Waals surface area contributed by atoms with Crippen molar-refractivity contribution >= 4 is 23.3 Å². The molecule has 2 aromatic rings. The summed E-state index contributed by atoms with van der Waals surface area (Å²) < 4.78 is 19.3. The zero-order chi connectivity index (χ0) is 18.5. The van der Waals surface area contributed by atoms with Gasteiger partial charge in [0, 0.05) is 19.2 Å². The minimum absolute atomic E-state index is 0.0742. The van der Waals surface area contributed by atoms with Crippen molar-refractivity contribution in [2.45, 2.75) is 19.8 Å². The number of halogens is 2. The predicted molar refractivity (Wildman–Crippen MR) is 97.5 cm³/mol. The lowest BCUT2D eigenvalue weighted by atomic mass is 10.2. The third-order valence-electron chi connectivity index (χ3n) is 4.06. The highest BCUT2D eigenvalue weighted by atomic mass is 35.5. The van der Waals surface area contributed by atoms with Crippen molar-refractivity contribution < 1.29 is 13.9 Å². The second kappa shape index (κ2) is 8.31. The summed E-state index contributed by atoms with van der Waals surface area (Å²) in [6.45, 7) is 4.18. The number of nitrogens with one attached hydrogen (secondary N) is 1. The molecule has 8 heteroatoms. The molecular weight excluding hydrogens is 359 g/mol. The van der Waals surface area contributed by atoms with Crippen LogP contribution in [0.3, 0.4) is 0 Å². The molecule has 1 aromatic heterocycles. The number of amides is 1. The molecular formula is C18H20ClFN4O2. The Morgan fingerprint density at radius 1 is 1.35 bits per heavy atom. The maximum absolute atomic E-state index is 13.7. The van der Waals surface area contributed by atoms with Gasteiger partial charge in [0.15, 0.2) is 0 Å². The molecule has 1 saturated heterocycles. The molecule has 1 N–H and O–H groups in total. The zero-order valence-electron chi connectivity index (χ0n) is 14.5. The zero-order valence-corrected chi connectivity index (χ0v) is 15.2. The van der Waals surface area contributed by atoms with Crippen molar-refractivity contribution in [2.24, 2.45) is 0 Å². The van der Waals surface area contributed by atoms with Gasteiger partial charge in [0.2, 0.25) is 5.88 Å². The van der Waals surface area contributed by atoms with E-state index in [-0.39, 0.29) is 23.7 Å². The highest BCUT2D eigenvalue weighted by Gasteiger charge is 2.16. The van der Waals surface area contributed by atoms with Crippen molar-refractivity contribution in [1.82, 2.24) is 15.3 Å². The van der Waals surface area contributed by atoms with E-state index in [9.17, 15) is 9.18 Å². The van der Waals surface area contributed by atoms with Crippen LogP contribution in [0.5, 0.6) is 5.88 Å². The molecule has 2 heterocycles. The van der Waals surface area contributed by atoms with Crippen LogP contribution in [0.4, 0.5) is 10.2 Å². The van der Waals surface area contributed by atoms with Gasteiger partial charge in [-0.2, -0.15) is 4.98 Å². The average Bonchev–Trinajstić information content (AvgIpc) is 3.13. The van der Waals surface area contributed by atoms with E-state index in [4.69, 9.17) is 16.3 Å². The van der Waals surface area contributed by atoms with Gasteiger partial charge < -0.3 is 15.0 Å². The molecule has 0 radical (unpaired) electrons. The Morgan fingerprint density at radius 3 is 2.85 bits per heavy atom. The van der Waals surface area contributed by atoms with Crippen molar-refractivity contribution in [3.05, 3.63) is 46.5 Å². The van der Waals surface area contributed by atoms with Gasteiger partial charge in [-0.15, -0.1) is 0 Å². The van der Waals surface area contributed by atoms with Gasteiger partial charge in [0.25, 0.3) is 5.91 Å². The molecule has 0 atom stereocenters. The fourth-order valence-corrected chi connectivity index (χ4v) is 3.08. The lowest BCUT2D eigenvalue weighted by Gasteiger charge is -2.17. The second-order valence-electron chi connectivity index (χ2n) is 6.01. The number of benzene rings is 1. The molecule has 0 saturated carbocycles. The Hall–Kier alpha value is -2.41. The maximum atomic E-state index is 13.7. The normalized spacial score (nSPS) is 13.7. The topological polar surface area (TPSA) is 67.3 Å². The molecule has 26 heavy (non-hydrogen) atoms. The summed E-state index contributed by atoms with van der Waals surface area (Å²) in [5, 5.41) is 2.67. The van der Waals surface area contributed by atoms with Crippen LogP contribution in [0.1, 0.15) is 29.0 Å². The second-order valence-corrected chi connectivity index (χ2v) is 6.41. The number of nitrogens with zero attached hydrogens (tertiary/aromatic N) is 3. The van der Waals surface area contributed by atoms with Crippen LogP contribution in [0.2, 0.25) is 5.02 Å². The van der Waals surface area contributed by atoms with Crippen LogP contribution in [0.25, 0.3) is 0 Å². The SMILES string of the molecule is Cc1nc(OCCNC(=O)c2c(F)cccc2Cl)cc(N2CCCC2)n1. The first-order chi connectivity index (χ1) is 12.5. The number of aryl methyl sites for hydroxylation is 1. The van der Waals surface area contributed by atoms with Gasteiger partial charge in [-0.05, 0) is 31.9 Å². The van der Waals surface area contributed by atoms with Crippen molar-refractivity contribution in [3.8, 4) is 5.88 Å². The third kappa shape index (κ3) is 4.40. The van der Waals surface area contributed by atoms with Crippen LogP contribution in [0.15, 0.2) is 24.3 Å². The first-order valence-electron chi connectivity index (χ1n) is 8.50. The highest BCUT2D eigenvalue weighted by molar-refractivity contribution is 6.33. The first-order valence-corrected chi connectivity index (χ1v) is 8.88. The summed E-state index contributed by atoms with van der Waals surface area (Å²) >= 11 is 5.88. The monoisotopic (exact) mass is 378 g/mol. The van der Waals surface area contributed by atoms with E-state index in [1.54, 1.807) is 6.07 Å². The van der Waals surface area contributed by atoms with E-state index < -0.39 is 11.7 Å². The molecule has 1 amide bonds. The number of anilines is 1. The molecule has 0 aliphatic carbocycles. The van der Waals surface area contributed by atoms with Gasteiger partial charge in [-0.3, -0.25) is 4.79 Å². The molecule has 3 rings (SSSR count). The fraction of sp³-hybridized carbons (Fsp3) is 0.389. The number of carbonyl (C=O) groups excluding carboxylic acids is 1. The number of hydrogen-bond donors (Lipinski definition) is 1. The van der Waals surface area contributed by atoms with Crippen LogP contribution >= 0.6 is 11.6 Å². The molecule has 1 aromatic carbocycles. The molecule has 1 aliphatic rings. The highest BCUT2D eigenvalue weighted by Crippen LogP contribution is 2.21. The molecule has 1 fully saturated rings. The summed E-state index contributed by atoms with van der Waals surface area (Å²) in [6, 6.07) is 5.92. The Balaban J connectivity index is 1.54. The van der Waals surface area contributed by atoms with E-state index in [2.05, 4.69) is 20.2 Å². The van der Waals surface area contributed by atoms with E-state index in [0.717, 1.165) is 31.7 Å². The lowest BCUT2D eigenvalue weighted by Crippen LogP contribution is -2.29. The number of ether oxygens (including phenoxy) is 1. The van der Waals surface area contributed by atoms with Gasteiger partial charge in [-0.25, -0.2) is 9.37 Å². The van der Waals surface area contributed by atoms with Crippen LogP contribution < -0.4 is 15.0 Å². The smallest absolute Gasteiger partial charge is 0.255 e. The lowest BCUT2D eigenvalue weighted by molar-refractivity contribution is 0.0942. The molecule has 138 valence electrons. The molecule has 1 aliphatic heterocycles. The molecule has 0 bridgehead atoms. The maximum Gasteiger partial charge on any atom is 0.255 e. The quantitative estimate of drug-likeness (QED) is 0.783. The number of rotatable bonds is 6. The predicted octanol–water partition coefficient (Wildman–Crippen LogP) is 2.99. The van der Waals surface area contributed by atoms with Crippen LogP contribution in [-0.4, -0.2) is 42.1 Å². The standard InChI is InChI=1S/C18H20ClFN4O2/c1-12-22-15(24-8-2-3-9-24)11-16(23-12)26-10-7-21-18(25)17-13(19)5-4-6-14(17)20/h4-6,11H,2-3,7-10H2,1H3,(H,21,25). The molecule has 0 unspecified atom stereocenters. The minimum Gasteiger partial charge on any atom is -0.476 e. The summed E-state index contributed by atoms with van der Waals surface area (Å²) in [6.07, 6.45) is 2.31. The van der Waals surface area contributed by atoms with E-state index in [1.165, 1.54) is 18.2 Å². The van der Waals surface area contributed by atoms with Crippen molar-refractivity contribution in [1.29, 1.82) is 0 Å². The van der Waals surface area contributed by atoms with Crippen molar-refractivity contribution in [2.75, 3.05) is 31.1 Å². The van der Waals surface area contributed by atoms with Crippen LogP contribution in [-0.2, 0) is 0 Å². The Bertz CT molecular complexity index is 777. The molecule has 0 spiro atoms. The summed E-state index contributed by atoms with van der Waals surface area (Å²) in [5.74, 6) is 0.710. The third-order valence-corrected chi connectivity index (χ3v) is 4.37. The molecule has 6 nitrogen and oxygen atoms in total. The van der Waals surface area contributed by atoms with Gasteiger partial charge in [0.1, 0.15) is 24.1 Å². The van der Waals surface area contributed by atoms with E-state index >= 15 is 0 Å². The van der Waals surface area contributed by atoms with Crippen LogP contribution in [0, 0.1) is 12.7 Å². The van der Waals surface area contributed by atoms with Gasteiger partial charge in [0.05, 0.1) is 17.1 Å². The minimum atomic E-state index is -0.655. The Morgan fingerprint density at radius 2 is 2.12 bits per heavy atom. The van der Waals surface area contributed by atoms with E-state index in [0.29, 0.717) is 11.7 Å². The summed E-state index contributed by atoms with van der Waals surface area (Å²) in [4.78, 5) is 22.9. The Labute approximate surface area is 156 Å². The Kier molecular flexibility index (Phi) is 5.88. The number of carbonyl (C=O) groups is 1. The summed E-state index contributed by atoms with van der Waals surface area (Å²) in [7, 11) is 0. The van der Waals surface area contributed by atoms with Gasteiger partial charge in [-0.1, -0.05) is 17.7 Å². The number of hydrogen-bond acceptors (Lipinski definition) is 5. The van der Waals surface area contributed by atoms with E-state index in [1.807, 2.05) is 6.92 Å². The fourth-order valence-electron chi connectivity index (χ4n) is 2.83. The van der Waals surface area contributed by atoms with Gasteiger partial charge >= 0.3 is 0 Å². The first kappa shape index (κ1) is 18.4. The summed E-state index contributed by atoms with van der Waals surface area (Å²) in [5.41, 5.74) is -0.164.